The number of rotatable bonds is 3. The van der Waals surface area contributed by atoms with Crippen molar-refractivity contribution in [3.63, 3.8) is 0 Å². The summed E-state index contributed by atoms with van der Waals surface area (Å²) < 4.78 is 6.21. The molecule has 0 aromatic heterocycles. The molecule has 4 nitrogen and oxygen atoms in total. The Morgan fingerprint density at radius 1 is 1.13 bits per heavy atom. The standard InChI is InChI=1S/C27H26N2O2/c1-17(2)12-13-19-14-20-23(15-24(19)30)29-22-10-6-7-11-25(22)31-27(29)21(16-28)26(20)18-8-4-3-5-9-18/h3-11,13,17,20,23,26H,12,14-15H2,1-2H3/b19-13-/t20-,23+,26-/m0/s1. The number of para-hydroxylation sites is 2. The van der Waals surface area contributed by atoms with E-state index < -0.39 is 0 Å². The second-order valence-electron chi connectivity index (χ2n) is 9.08. The third kappa shape index (κ3) is 3.25. The lowest BCUT2D eigenvalue weighted by molar-refractivity contribution is -0.117. The number of nitrogens with zero attached hydrogens (tertiary/aromatic N) is 2. The molecule has 5 rings (SSSR count). The maximum atomic E-state index is 13.1. The second-order valence-corrected chi connectivity index (χ2v) is 9.08. The molecule has 31 heavy (non-hydrogen) atoms. The van der Waals surface area contributed by atoms with Gasteiger partial charge in [-0.15, -0.1) is 0 Å². The smallest absolute Gasteiger partial charge is 0.215 e. The molecule has 2 heterocycles. The van der Waals surface area contributed by atoms with E-state index >= 15 is 0 Å². The quantitative estimate of drug-likeness (QED) is 0.606. The van der Waals surface area contributed by atoms with Crippen molar-refractivity contribution in [1.82, 2.24) is 0 Å². The summed E-state index contributed by atoms with van der Waals surface area (Å²) in [6, 6.07) is 20.5. The van der Waals surface area contributed by atoms with Crippen molar-refractivity contribution in [2.24, 2.45) is 11.8 Å². The fraction of sp³-hybridized carbons (Fsp3) is 0.333. The van der Waals surface area contributed by atoms with E-state index in [9.17, 15) is 10.1 Å². The van der Waals surface area contributed by atoms with Gasteiger partial charge in [0.25, 0.3) is 0 Å². The minimum Gasteiger partial charge on any atom is -0.438 e. The average molecular weight is 411 g/mol. The van der Waals surface area contributed by atoms with E-state index in [1.807, 2.05) is 42.5 Å². The molecule has 0 N–H and O–H groups in total. The first kappa shape index (κ1) is 19.6. The van der Waals surface area contributed by atoms with E-state index in [4.69, 9.17) is 4.74 Å². The van der Waals surface area contributed by atoms with Gasteiger partial charge in [-0.25, -0.2) is 0 Å². The van der Waals surface area contributed by atoms with Crippen LogP contribution in [0.15, 0.2) is 77.7 Å². The number of allylic oxidation sites excluding steroid dienone is 3. The van der Waals surface area contributed by atoms with E-state index in [0.29, 0.717) is 30.2 Å². The Balaban J connectivity index is 1.66. The van der Waals surface area contributed by atoms with Crippen LogP contribution in [-0.4, -0.2) is 11.8 Å². The Labute approximate surface area is 183 Å². The molecule has 3 aliphatic rings. The number of ketones is 1. The monoisotopic (exact) mass is 410 g/mol. The van der Waals surface area contributed by atoms with Gasteiger partial charge in [0.15, 0.2) is 11.5 Å². The maximum Gasteiger partial charge on any atom is 0.215 e. The highest BCUT2D eigenvalue weighted by molar-refractivity contribution is 5.97. The molecule has 2 aromatic rings. The number of carbonyl (C=O) groups is 1. The first-order valence-electron chi connectivity index (χ1n) is 11.1. The number of benzene rings is 2. The molecule has 4 heteroatoms. The summed E-state index contributed by atoms with van der Waals surface area (Å²) in [5.41, 5.74) is 3.64. The molecule has 2 aliphatic heterocycles. The molecule has 0 radical (unpaired) electrons. The Kier molecular flexibility index (Phi) is 4.90. The van der Waals surface area contributed by atoms with E-state index in [-0.39, 0.29) is 23.7 Å². The van der Waals surface area contributed by atoms with Crippen molar-refractivity contribution in [3.8, 4) is 11.8 Å². The molecule has 156 valence electrons. The minimum atomic E-state index is -0.0905. The Morgan fingerprint density at radius 2 is 1.87 bits per heavy atom. The lowest BCUT2D eigenvalue weighted by Gasteiger charge is -2.46. The maximum absolute atomic E-state index is 13.1. The first-order valence-corrected chi connectivity index (χ1v) is 11.1. The average Bonchev–Trinajstić information content (AvgIpc) is 3.17. The fourth-order valence-electron chi connectivity index (χ4n) is 5.23. The molecule has 0 unspecified atom stereocenters. The van der Waals surface area contributed by atoms with E-state index in [2.05, 4.69) is 43.0 Å². The number of Topliss-reactive ketones (excluding diaryl/α,β-unsaturated/α-hetero) is 1. The van der Waals surface area contributed by atoms with Crippen LogP contribution in [-0.2, 0) is 4.79 Å². The van der Waals surface area contributed by atoms with Crippen LogP contribution in [0.3, 0.4) is 0 Å². The summed E-state index contributed by atoms with van der Waals surface area (Å²) in [5.74, 6) is 2.12. The molecule has 1 aliphatic carbocycles. The fourth-order valence-corrected chi connectivity index (χ4v) is 5.23. The van der Waals surface area contributed by atoms with Crippen molar-refractivity contribution in [1.29, 1.82) is 5.26 Å². The van der Waals surface area contributed by atoms with Crippen molar-refractivity contribution in [3.05, 3.63) is 83.3 Å². The van der Waals surface area contributed by atoms with Gasteiger partial charge in [-0.3, -0.25) is 4.79 Å². The van der Waals surface area contributed by atoms with Gasteiger partial charge in [0.05, 0.1) is 11.3 Å². The third-order valence-corrected chi connectivity index (χ3v) is 6.67. The van der Waals surface area contributed by atoms with Crippen LogP contribution in [0.5, 0.6) is 5.75 Å². The third-order valence-electron chi connectivity index (χ3n) is 6.67. The van der Waals surface area contributed by atoms with Gasteiger partial charge >= 0.3 is 0 Å². The number of ether oxygens (including phenoxy) is 1. The molecule has 0 saturated heterocycles. The molecular formula is C27H26N2O2. The van der Waals surface area contributed by atoms with Gasteiger partial charge < -0.3 is 9.64 Å². The van der Waals surface area contributed by atoms with Crippen LogP contribution in [0, 0.1) is 23.2 Å². The molecule has 0 amide bonds. The molecule has 1 saturated carbocycles. The van der Waals surface area contributed by atoms with Crippen LogP contribution in [0.4, 0.5) is 5.69 Å². The highest BCUT2D eigenvalue weighted by atomic mass is 16.5. The highest BCUT2D eigenvalue weighted by Gasteiger charge is 2.51. The zero-order valence-electron chi connectivity index (χ0n) is 17.9. The lowest BCUT2D eigenvalue weighted by Crippen LogP contribution is -2.50. The Morgan fingerprint density at radius 3 is 2.61 bits per heavy atom. The van der Waals surface area contributed by atoms with Crippen molar-refractivity contribution in [2.75, 3.05) is 4.90 Å². The summed E-state index contributed by atoms with van der Waals surface area (Å²) in [6.45, 7) is 4.34. The predicted octanol–water partition coefficient (Wildman–Crippen LogP) is 5.74. The zero-order chi connectivity index (χ0) is 21.5. The number of fused-ring (bicyclic) bond motifs is 5. The molecule has 0 spiro atoms. The molecule has 1 fully saturated rings. The topological polar surface area (TPSA) is 53.3 Å². The second kappa shape index (κ2) is 7.74. The van der Waals surface area contributed by atoms with Crippen LogP contribution in [0.2, 0.25) is 0 Å². The van der Waals surface area contributed by atoms with E-state index in [1.165, 1.54) is 0 Å². The van der Waals surface area contributed by atoms with Gasteiger partial charge in [0, 0.05) is 18.4 Å². The van der Waals surface area contributed by atoms with Gasteiger partial charge in [-0.1, -0.05) is 62.4 Å². The number of hydrogen-bond donors (Lipinski definition) is 0. The van der Waals surface area contributed by atoms with Gasteiger partial charge in [0.2, 0.25) is 5.88 Å². The van der Waals surface area contributed by atoms with Crippen LogP contribution in [0.1, 0.15) is 44.6 Å². The zero-order valence-corrected chi connectivity index (χ0v) is 17.9. The summed E-state index contributed by atoms with van der Waals surface area (Å²) in [5, 5.41) is 10.2. The number of nitriles is 1. The highest BCUT2D eigenvalue weighted by Crippen LogP contribution is 2.54. The summed E-state index contributed by atoms with van der Waals surface area (Å²) >= 11 is 0. The van der Waals surface area contributed by atoms with Crippen molar-refractivity contribution >= 4 is 11.5 Å². The van der Waals surface area contributed by atoms with Crippen LogP contribution in [0.25, 0.3) is 0 Å². The van der Waals surface area contributed by atoms with Gasteiger partial charge in [-0.05, 0) is 47.9 Å². The van der Waals surface area contributed by atoms with Crippen LogP contribution >= 0.6 is 0 Å². The van der Waals surface area contributed by atoms with Crippen molar-refractivity contribution < 1.29 is 9.53 Å². The number of anilines is 1. The summed E-state index contributed by atoms with van der Waals surface area (Å²) in [4.78, 5) is 15.3. The largest absolute Gasteiger partial charge is 0.438 e. The van der Waals surface area contributed by atoms with E-state index in [0.717, 1.165) is 29.0 Å². The lowest BCUT2D eigenvalue weighted by atomic mass is 9.66. The van der Waals surface area contributed by atoms with Crippen LogP contribution < -0.4 is 9.64 Å². The molecule has 0 bridgehead atoms. The summed E-state index contributed by atoms with van der Waals surface area (Å²) in [7, 11) is 0. The Bertz CT molecular complexity index is 1120. The Hall–Kier alpha value is -3.32. The normalized spacial score (nSPS) is 25.7. The predicted molar refractivity (Wildman–Crippen MR) is 120 cm³/mol. The molecular weight excluding hydrogens is 384 g/mol. The van der Waals surface area contributed by atoms with Gasteiger partial charge in [0.1, 0.15) is 6.07 Å². The molecule has 2 aromatic carbocycles. The minimum absolute atomic E-state index is 0.0235. The summed E-state index contributed by atoms with van der Waals surface area (Å²) in [6.07, 6.45) is 4.16. The van der Waals surface area contributed by atoms with Crippen molar-refractivity contribution in [2.45, 2.75) is 45.1 Å². The first-order chi connectivity index (χ1) is 15.1. The SMILES string of the molecule is CC(C)C/C=C1/C[C@H]2[C@@H](CC1=O)N1C(=C(C#N)[C@H]2c2ccccc2)Oc2ccccc21. The number of carbonyl (C=O) groups excluding carboxylic acids is 1. The number of hydrogen-bond acceptors (Lipinski definition) is 4. The van der Waals surface area contributed by atoms with E-state index in [1.54, 1.807) is 0 Å². The molecule has 3 atom stereocenters. The van der Waals surface area contributed by atoms with Gasteiger partial charge in [-0.2, -0.15) is 5.26 Å².